The van der Waals surface area contributed by atoms with Crippen molar-refractivity contribution in [3.8, 4) is 0 Å². The Morgan fingerprint density at radius 3 is 2.54 bits per heavy atom. The van der Waals surface area contributed by atoms with Crippen molar-refractivity contribution in [2.24, 2.45) is 0 Å². The molecule has 0 unspecified atom stereocenters. The molecule has 1 fully saturated rings. The Kier molecular flexibility index (Phi) is 4.55. The molecule has 1 aliphatic heterocycles. The number of benzene rings is 2. The van der Waals surface area contributed by atoms with Crippen molar-refractivity contribution in [2.75, 3.05) is 29.4 Å². The number of hydrogen-bond acceptors (Lipinski definition) is 4. The van der Waals surface area contributed by atoms with Gasteiger partial charge in [0, 0.05) is 17.9 Å². The lowest BCUT2D eigenvalue weighted by Crippen LogP contribution is -2.41. The van der Waals surface area contributed by atoms with Gasteiger partial charge in [0.25, 0.3) is 15.9 Å². The lowest BCUT2D eigenvalue weighted by atomic mass is 10.2. The maximum absolute atomic E-state index is 12.4. The number of ether oxygens (including phenoxy) is 1. The zero-order chi connectivity index (χ0) is 17.2. The van der Waals surface area contributed by atoms with Gasteiger partial charge in [0.2, 0.25) is 0 Å². The van der Waals surface area contributed by atoms with Crippen LogP contribution in [0, 0.1) is 6.92 Å². The van der Waals surface area contributed by atoms with Crippen LogP contribution in [0.25, 0.3) is 0 Å². The van der Waals surface area contributed by atoms with E-state index in [0.717, 1.165) is 11.3 Å². The molecule has 1 amide bonds. The SMILES string of the molecule is Cc1cccc(S(=O)(=O)Nc2ccc(N3CCOCC3=O)cc2)c1. The van der Waals surface area contributed by atoms with Crippen LogP contribution in [0.1, 0.15) is 5.56 Å². The first-order valence-corrected chi connectivity index (χ1v) is 9.02. The third-order valence-corrected chi connectivity index (χ3v) is 5.10. The number of anilines is 2. The molecule has 2 aromatic rings. The van der Waals surface area contributed by atoms with E-state index >= 15 is 0 Å². The lowest BCUT2D eigenvalue weighted by molar-refractivity contribution is -0.125. The van der Waals surface area contributed by atoms with Crippen LogP contribution in [0.2, 0.25) is 0 Å². The van der Waals surface area contributed by atoms with Crippen LogP contribution in [0.5, 0.6) is 0 Å². The quantitative estimate of drug-likeness (QED) is 0.920. The number of amides is 1. The van der Waals surface area contributed by atoms with Gasteiger partial charge in [-0.15, -0.1) is 0 Å². The molecule has 0 saturated carbocycles. The van der Waals surface area contributed by atoms with Gasteiger partial charge < -0.3 is 9.64 Å². The minimum absolute atomic E-state index is 0.0712. The summed E-state index contributed by atoms with van der Waals surface area (Å²) < 4.78 is 32.4. The standard InChI is InChI=1S/C17H18N2O4S/c1-13-3-2-4-16(11-13)24(21,22)18-14-5-7-15(8-6-14)19-9-10-23-12-17(19)20/h2-8,11,18H,9-10,12H2,1H3. The van der Waals surface area contributed by atoms with Gasteiger partial charge in [-0.3, -0.25) is 9.52 Å². The van der Waals surface area contributed by atoms with Crippen LogP contribution in [-0.4, -0.2) is 34.1 Å². The fraction of sp³-hybridized carbons (Fsp3) is 0.235. The Morgan fingerprint density at radius 1 is 1.12 bits per heavy atom. The molecule has 3 rings (SSSR count). The highest BCUT2D eigenvalue weighted by Gasteiger charge is 2.20. The third kappa shape index (κ3) is 3.58. The maximum atomic E-state index is 12.4. The van der Waals surface area contributed by atoms with Gasteiger partial charge in [0.15, 0.2) is 0 Å². The number of morpholine rings is 1. The Bertz CT molecular complexity index is 847. The number of nitrogens with one attached hydrogen (secondary N) is 1. The van der Waals surface area contributed by atoms with Crippen LogP contribution in [0.15, 0.2) is 53.4 Å². The molecule has 0 aromatic heterocycles. The predicted octanol–water partition coefficient (Wildman–Crippen LogP) is 2.16. The van der Waals surface area contributed by atoms with Crippen LogP contribution >= 0.6 is 0 Å². The summed E-state index contributed by atoms with van der Waals surface area (Å²) in [5.41, 5.74) is 2.04. The molecule has 24 heavy (non-hydrogen) atoms. The topological polar surface area (TPSA) is 75.7 Å². The van der Waals surface area contributed by atoms with E-state index in [2.05, 4.69) is 4.72 Å². The molecule has 7 heteroatoms. The van der Waals surface area contributed by atoms with Crippen LogP contribution in [0.3, 0.4) is 0 Å². The molecule has 0 spiro atoms. The number of nitrogens with zero attached hydrogens (tertiary/aromatic N) is 1. The first-order chi connectivity index (χ1) is 11.5. The van der Waals surface area contributed by atoms with Gasteiger partial charge >= 0.3 is 0 Å². The van der Waals surface area contributed by atoms with E-state index in [1.807, 2.05) is 13.0 Å². The summed E-state index contributed by atoms with van der Waals surface area (Å²) >= 11 is 0. The average molecular weight is 346 g/mol. The van der Waals surface area contributed by atoms with Gasteiger partial charge in [-0.1, -0.05) is 12.1 Å². The van der Waals surface area contributed by atoms with Gasteiger partial charge in [-0.2, -0.15) is 0 Å². The second kappa shape index (κ2) is 6.62. The highest BCUT2D eigenvalue weighted by atomic mass is 32.2. The summed E-state index contributed by atoms with van der Waals surface area (Å²) in [6, 6.07) is 13.4. The number of sulfonamides is 1. The van der Waals surface area contributed by atoms with Crippen molar-refractivity contribution >= 4 is 27.3 Å². The van der Waals surface area contributed by atoms with Crippen molar-refractivity contribution in [3.05, 3.63) is 54.1 Å². The summed E-state index contributed by atoms with van der Waals surface area (Å²) in [5, 5.41) is 0. The van der Waals surface area contributed by atoms with E-state index in [1.54, 1.807) is 47.4 Å². The minimum Gasteiger partial charge on any atom is -0.370 e. The van der Waals surface area contributed by atoms with Crippen molar-refractivity contribution in [3.63, 3.8) is 0 Å². The summed E-state index contributed by atoms with van der Waals surface area (Å²) in [5.74, 6) is -0.102. The summed E-state index contributed by atoms with van der Waals surface area (Å²) in [6.07, 6.45) is 0. The van der Waals surface area contributed by atoms with Crippen LogP contribution in [0.4, 0.5) is 11.4 Å². The van der Waals surface area contributed by atoms with E-state index in [0.29, 0.717) is 18.8 Å². The zero-order valence-corrected chi connectivity index (χ0v) is 14.0. The first kappa shape index (κ1) is 16.5. The summed E-state index contributed by atoms with van der Waals surface area (Å²) in [7, 11) is -3.63. The smallest absolute Gasteiger partial charge is 0.261 e. The first-order valence-electron chi connectivity index (χ1n) is 7.53. The molecule has 6 nitrogen and oxygen atoms in total. The van der Waals surface area contributed by atoms with E-state index in [1.165, 1.54) is 0 Å². The lowest BCUT2D eigenvalue weighted by Gasteiger charge is -2.26. The van der Waals surface area contributed by atoms with Gasteiger partial charge in [0.05, 0.1) is 11.5 Å². The van der Waals surface area contributed by atoms with E-state index in [-0.39, 0.29) is 17.4 Å². The van der Waals surface area contributed by atoms with Crippen molar-refractivity contribution in [1.82, 2.24) is 0 Å². The number of carbonyl (C=O) groups is 1. The predicted molar refractivity (Wildman–Crippen MR) is 91.6 cm³/mol. The van der Waals surface area contributed by atoms with Crippen LogP contribution < -0.4 is 9.62 Å². The summed E-state index contributed by atoms with van der Waals surface area (Å²) in [6.45, 7) is 2.90. The van der Waals surface area contributed by atoms with E-state index in [4.69, 9.17) is 4.74 Å². The summed E-state index contributed by atoms with van der Waals surface area (Å²) in [4.78, 5) is 13.7. The van der Waals surface area contributed by atoms with Crippen molar-refractivity contribution < 1.29 is 17.9 Å². The Balaban J connectivity index is 1.77. The number of hydrogen-bond donors (Lipinski definition) is 1. The number of rotatable bonds is 4. The fourth-order valence-corrected chi connectivity index (χ4v) is 3.66. The van der Waals surface area contributed by atoms with Gasteiger partial charge in [0.1, 0.15) is 6.61 Å². The minimum atomic E-state index is -3.63. The molecule has 126 valence electrons. The molecule has 1 saturated heterocycles. The zero-order valence-electron chi connectivity index (χ0n) is 13.2. The second-order valence-electron chi connectivity index (χ2n) is 5.57. The molecule has 0 bridgehead atoms. The monoisotopic (exact) mass is 346 g/mol. The molecular weight excluding hydrogens is 328 g/mol. The molecule has 1 N–H and O–H groups in total. The van der Waals surface area contributed by atoms with Gasteiger partial charge in [-0.25, -0.2) is 8.42 Å². The fourth-order valence-electron chi connectivity index (χ4n) is 2.50. The highest BCUT2D eigenvalue weighted by molar-refractivity contribution is 7.92. The van der Waals surface area contributed by atoms with Crippen LogP contribution in [-0.2, 0) is 19.6 Å². The molecule has 0 aliphatic carbocycles. The normalized spacial score (nSPS) is 15.4. The molecule has 0 radical (unpaired) electrons. The Hall–Kier alpha value is -2.38. The second-order valence-corrected chi connectivity index (χ2v) is 7.25. The number of carbonyl (C=O) groups excluding carboxylic acids is 1. The van der Waals surface area contributed by atoms with E-state index in [9.17, 15) is 13.2 Å². The molecule has 1 aliphatic rings. The molecule has 2 aromatic carbocycles. The Labute approximate surface area is 141 Å². The highest BCUT2D eigenvalue weighted by Crippen LogP contribution is 2.22. The maximum Gasteiger partial charge on any atom is 0.261 e. The number of aryl methyl sites for hydroxylation is 1. The largest absolute Gasteiger partial charge is 0.370 e. The molecule has 0 atom stereocenters. The van der Waals surface area contributed by atoms with E-state index < -0.39 is 10.0 Å². The van der Waals surface area contributed by atoms with Crippen molar-refractivity contribution in [1.29, 1.82) is 0 Å². The average Bonchev–Trinajstić information content (AvgIpc) is 2.56. The molecule has 1 heterocycles. The van der Waals surface area contributed by atoms with Gasteiger partial charge in [-0.05, 0) is 48.9 Å². The van der Waals surface area contributed by atoms with Crippen molar-refractivity contribution in [2.45, 2.75) is 11.8 Å². The Morgan fingerprint density at radius 2 is 1.88 bits per heavy atom. The third-order valence-electron chi connectivity index (χ3n) is 3.72. The molecular formula is C17H18N2O4S.